The Labute approximate surface area is 142 Å². The lowest BCUT2D eigenvalue weighted by molar-refractivity contribution is 0.112. The van der Waals surface area contributed by atoms with Crippen LogP contribution in [0.15, 0.2) is 51.5 Å². The third-order valence-electron chi connectivity index (χ3n) is 3.60. The van der Waals surface area contributed by atoms with Crippen molar-refractivity contribution in [2.45, 2.75) is 19.8 Å². The number of benzene rings is 2. The van der Waals surface area contributed by atoms with Gasteiger partial charge in [0.15, 0.2) is 0 Å². The molecule has 2 aromatic carbocycles. The molecule has 0 unspecified atom stereocenters. The van der Waals surface area contributed by atoms with Crippen LogP contribution in [-0.4, -0.2) is 16.4 Å². The van der Waals surface area contributed by atoms with Crippen molar-refractivity contribution >= 4 is 22.2 Å². The van der Waals surface area contributed by atoms with Gasteiger partial charge in [-0.15, -0.1) is 0 Å². The third kappa shape index (κ3) is 3.24. The fraction of sp³-hybridized carbons (Fsp3) is 0.167. The van der Waals surface area contributed by atoms with Crippen molar-refractivity contribution < 1.29 is 9.32 Å². The number of nitrogens with zero attached hydrogens (tertiary/aromatic N) is 2. The SMILES string of the molecule is CC(C)c1ccc(-c2nc(-c3ccc(C=O)cc3)no2)cc1Br. The highest BCUT2D eigenvalue weighted by Gasteiger charge is 2.13. The van der Waals surface area contributed by atoms with Crippen LogP contribution in [0, 0.1) is 0 Å². The van der Waals surface area contributed by atoms with E-state index in [2.05, 4.69) is 46.0 Å². The predicted molar refractivity (Wildman–Crippen MR) is 92.3 cm³/mol. The van der Waals surface area contributed by atoms with Crippen LogP contribution >= 0.6 is 15.9 Å². The molecule has 0 aliphatic rings. The number of halogens is 1. The molecule has 1 heterocycles. The van der Waals surface area contributed by atoms with Crippen molar-refractivity contribution in [3.63, 3.8) is 0 Å². The van der Waals surface area contributed by atoms with Crippen LogP contribution in [0.5, 0.6) is 0 Å². The van der Waals surface area contributed by atoms with Crippen molar-refractivity contribution in [1.29, 1.82) is 0 Å². The molecule has 3 rings (SSSR count). The number of hydrogen-bond acceptors (Lipinski definition) is 4. The Hall–Kier alpha value is -2.27. The molecule has 116 valence electrons. The molecule has 0 amide bonds. The third-order valence-corrected chi connectivity index (χ3v) is 4.29. The lowest BCUT2D eigenvalue weighted by atomic mass is 10.0. The first-order chi connectivity index (χ1) is 11.1. The minimum absolute atomic E-state index is 0.438. The van der Waals surface area contributed by atoms with Crippen molar-refractivity contribution in [2.24, 2.45) is 0 Å². The van der Waals surface area contributed by atoms with Gasteiger partial charge in [-0.3, -0.25) is 4.79 Å². The summed E-state index contributed by atoms with van der Waals surface area (Å²) in [6.45, 7) is 4.29. The van der Waals surface area contributed by atoms with Crippen LogP contribution in [0.25, 0.3) is 22.8 Å². The molecule has 0 saturated heterocycles. The summed E-state index contributed by atoms with van der Waals surface area (Å²) in [6.07, 6.45) is 0.805. The summed E-state index contributed by atoms with van der Waals surface area (Å²) >= 11 is 3.59. The summed E-state index contributed by atoms with van der Waals surface area (Å²) in [5.74, 6) is 1.41. The molecule has 0 atom stereocenters. The van der Waals surface area contributed by atoms with Crippen LogP contribution in [0.2, 0.25) is 0 Å². The minimum atomic E-state index is 0.438. The number of aldehydes is 1. The first-order valence-corrected chi connectivity index (χ1v) is 8.07. The fourth-order valence-corrected chi connectivity index (χ4v) is 3.13. The lowest BCUT2D eigenvalue weighted by Gasteiger charge is -2.08. The molecule has 0 aliphatic carbocycles. The zero-order chi connectivity index (χ0) is 16.4. The number of hydrogen-bond donors (Lipinski definition) is 0. The van der Waals surface area contributed by atoms with Gasteiger partial charge in [0, 0.05) is 21.2 Å². The van der Waals surface area contributed by atoms with Crippen LogP contribution in [0.1, 0.15) is 35.7 Å². The highest BCUT2D eigenvalue weighted by atomic mass is 79.9. The van der Waals surface area contributed by atoms with E-state index in [9.17, 15) is 4.79 Å². The van der Waals surface area contributed by atoms with E-state index in [1.54, 1.807) is 24.3 Å². The quantitative estimate of drug-likeness (QED) is 0.599. The van der Waals surface area contributed by atoms with Gasteiger partial charge >= 0.3 is 0 Å². The van der Waals surface area contributed by atoms with E-state index >= 15 is 0 Å². The second-order valence-corrected chi connectivity index (χ2v) is 6.41. The molecule has 0 radical (unpaired) electrons. The van der Waals surface area contributed by atoms with E-state index in [1.165, 1.54) is 5.56 Å². The summed E-state index contributed by atoms with van der Waals surface area (Å²) in [7, 11) is 0. The summed E-state index contributed by atoms with van der Waals surface area (Å²) in [6, 6.07) is 13.1. The monoisotopic (exact) mass is 370 g/mol. The van der Waals surface area contributed by atoms with E-state index in [1.807, 2.05) is 12.1 Å². The van der Waals surface area contributed by atoms with E-state index < -0.39 is 0 Å². The maximum absolute atomic E-state index is 10.7. The second kappa shape index (κ2) is 6.46. The Kier molecular flexibility index (Phi) is 4.39. The van der Waals surface area contributed by atoms with Crippen LogP contribution in [0.3, 0.4) is 0 Å². The molecule has 0 bridgehead atoms. The van der Waals surface area contributed by atoms with Crippen LogP contribution in [-0.2, 0) is 0 Å². The standard InChI is InChI=1S/C18H15BrN2O2/c1-11(2)15-8-7-14(9-16(15)19)18-20-17(21-23-18)13-5-3-12(10-22)4-6-13/h3-11H,1-2H3. The minimum Gasteiger partial charge on any atom is -0.334 e. The van der Waals surface area contributed by atoms with Gasteiger partial charge in [-0.25, -0.2) is 0 Å². The molecular formula is C18H15BrN2O2. The number of aromatic nitrogens is 2. The van der Waals surface area contributed by atoms with Gasteiger partial charge in [-0.05, 0) is 23.6 Å². The average Bonchev–Trinajstić information content (AvgIpc) is 3.04. The van der Waals surface area contributed by atoms with Crippen molar-refractivity contribution in [3.8, 4) is 22.8 Å². The lowest BCUT2D eigenvalue weighted by Crippen LogP contribution is -1.90. The largest absolute Gasteiger partial charge is 0.334 e. The molecule has 3 aromatic rings. The van der Waals surface area contributed by atoms with Crippen molar-refractivity contribution in [1.82, 2.24) is 10.1 Å². The summed E-state index contributed by atoms with van der Waals surface area (Å²) < 4.78 is 6.39. The maximum Gasteiger partial charge on any atom is 0.258 e. The molecule has 5 heteroatoms. The smallest absolute Gasteiger partial charge is 0.258 e. The highest BCUT2D eigenvalue weighted by Crippen LogP contribution is 2.30. The van der Waals surface area contributed by atoms with Gasteiger partial charge in [-0.1, -0.05) is 65.3 Å². The van der Waals surface area contributed by atoms with E-state index in [4.69, 9.17) is 4.52 Å². The van der Waals surface area contributed by atoms with Gasteiger partial charge in [0.1, 0.15) is 6.29 Å². The fourth-order valence-electron chi connectivity index (χ4n) is 2.30. The van der Waals surface area contributed by atoms with Crippen LogP contribution < -0.4 is 0 Å². The second-order valence-electron chi connectivity index (χ2n) is 5.55. The Morgan fingerprint density at radius 3 is 2.39 bits per heavy atom. The van der Waals surface area contributed by atoms with E-state index in [0.717, 1.165) is 21.9 Å². The zero-order valence-electron chi connectivity index (χ0n) is 12.8. The molecule has 0 N–H and O–H groups in total. The molecule has 0 aliphatic heterocycles. The first-order valence-electron chi connectivity index (χ1n) is 7.27. The molecule has 4 nitrogen and oxygen atoms in total. The average molecular weight is 371 g/mol. The number of carbonyl (C=O) groups is 1. The van der Waals surface area contributed by atoms with Crippen molar-refractivity contribution in [2.75, 3.05) is 0 Å². The summed E-state index contributed by atoms with van der Waals surface area (Å²) in [5.41, 5.74) is 3.52. The summed E-state index contributed by atoms with van der Waals surface area (Å²) in [4.78, 5) is 15.1. The van der Waals surface area contributed by atoms with Gasteiger partial charge in [-0.2, -0.15) is 4.98 Å². The van der Waals surface area contributed by atoms with E-state index in [-0.39, 0.29) is 0 Å². The van der Waals surface area contributed by atoms with E-state index in [0.29, 0.717) is 23.2 Å². The maximum atomic E-state index is 10.7. The Morgan fingerprint density at radius 2 is 1.78 bits per heavy atom. The first kappa shape index (κ1) is 15.6. The highest BCUT2D eigenvalue weighted by molar-refractivity contribution is 9.10. The Bertz CT molecular complexity index is 838. The number of carbonyl (C=O) groups excluding carboxylic acids is 1. The summed E-state index contributed by atoms with van der Waals surface area (Å²) in [5, 5.41) is 4.02. The van der Waals surface area contributed by atoms with Gasteiger partial charge in [0.2, 0.25) is 5.82 Å². The van der Waals surface area contributed by atoms with Crippen molar-refractivity contribution in [3.05, 3.63) is 58.1 Å². The molecule has 0 saturated carbocycles. The molecule has 1 aromatic heterocycles. The van der Waals surface area contributed by atoms with Crippen LogP contribution in [0.4, 0.5) is 0 Å². The molecule has 0 fully saturated rings. The number of rotatable bonds is 4. The van der Waals surface area contributed by atoms with Gasteiger partial charge < -0.3 is 4.52 Å². The molecular weight excluding hydrogens is 356 g/mol. The zero-order valence-corrected chi connectivity index (χ0v) is 14.4. The normalized spacial score (nSPS) is 11.0. The Morgan fingerprint density at radius 1 is 1.09 bits per heavy atom. The Balaban J connectivity index is 1.92. The van der Waals surface area contributed by atoms with Gasteiger partial charge in [0.05, 0.1) is 0 Å². The topological polar surface area (TPSA) is 56.0 Å². The van der Waals surface area contributed by atoms with Gasteiger partial charge in [0.25, 0.3) is 5.89 Å². The molecule has 23 heavy (non-hydrogen) atoms. The predicted octanol–water partition coefficient (Wildman–Crippen LogP) is 5.10. The molecule has 0 spiro atoms.